The van der Waals surface area contributed by atoms with Crippen LogP contribution in [0.4, 0.5) is 10.1 Å². The molecule has 29 heavy (non-hydrogen) atoms. The Morgan fingerprint density at radius 2 is 1.69 bits per heavy atom. The zero-order chi connectivity index (χ0) is 20.3. The fraction of sp³-hybridized carbons (Fsp3) is 0.143. The molecule has 8 heteroatoms. The number of anilines is 1. The average molecular weight is 415 g/mol. The van der Waals surface area contributed by atoms with E-state index in [2.05, 4.69) is 4.72 Å². The lowest BCUT2D eigenvalue weighted by Gasteiger charge is -2.19. The molecule has 0 fully saturated rings. The fourth-order valence-corrected chi connectivity index (χ4v) is 3.87. The van der Waals surface area contributed by atoms with E-state index in [4.69, 9.17) is 14.2 Å². The van der Waals surface area contributed by atoms with Gasteiger partial charge in [0.2, 0.25) is 0 Å². The minimum absolute atomic E-state index is 0.0689. The first-order valence-electron chi connectivity index (χ1n) is 8.89. The number of rotatable bonds is 6. The topological polar surface area (TPSA) is 73.9 Å². The molecule has 1 aliphatic rings. The van der Waals surface area contributed by atoms with Crippen molar-refractivity contribution in [2.24, 2.45) is 0 Å². The summed E-state index contributed by atoms with van der Waals surface area (Å²) in [6, 6.07) is 17.1. The van der Waals surface area contributed by atoms with E-state index in [1.165, 1.54) is 24.3 Å². The second kappa shape index (κ2) is 8.00. The zero-order valence-corrected chi connectivity index (χ0v) is 16.1. The molecule has 0 aromatic heterocycles. The van der Waals surface area contributed by atoms with Crippen LogP contribution in [0.2, 0.25) is 0 Å². The summed E-state index contributed by atoms with van der Waals surface area (Å²) >= 11 is 0. The van der Waals surface area contributed by atoms with Crippen LogP contribution in [0.25, 0.3) is 0 Å². The molecular formula is C21H18FNO5S. The third-order valence-electron chi connectivity index (χ3n) is 4.23. The van der Waals surface area contributed by atoms with Crippen LogP contribution in [0, 0.1) is 5.82 Å². The molecule has 0 atom stereocenters. The number of ether oxygens (including phenoxy) is 3. The van der Waals surface area contributed by atoms with Gasteiger partial charge in [-0.15, -0.1) is 0 Å². The lowest BCUT2D eigenvalue weighted by atomic mass is 10.2. The highest BCUT2D eigenvalue weighted by atomic mass is 32.2. The van der Waals surface area contributed by atoms with Gasteiger partial charge < -0.3 is 14.2 Å². The van der Waals surface area contributed by atoms with Gasteiger partial charge in [0, 0.05) is 12.1 Å². The van der Waals surface area contributed by atoms with Crippen molar-refractivity contribution >= 4 is 15.7 Å². The van der Waals surface area contributed by atoms with Crippen molar-refractivity contribution in [3.05, 3.63) is 78.1 Å². The van der Waals surface area contributed by atoms with Crippen LogP contribution in [0.3, 0.4) is 0 Å². The van der Waals surface area contributed by atoms with E-state index in [0.717, 1.165) is 5.56 Å². The highest BCUT2D eigenvalue weighted by molar-refractivity contribution is 7.92. The van der Waals surface area contributed by atoms with Gasteiger partial charge in [0.15, 0.2) is 11.5 Å². The van der Waals surface area contributed by atoms with Crippen LogP contribution in [0.15, 0.2) is 71.6 Å². The highest BCUT2D eigenvalue weighted by Crippen LogP contribution is 2.33. The summed E-state index contributed by atoms with van der Waals surface area (Å²) in [6.45, 7) is 1.04. The first-order valence-corrected chi connectivity index (χ1v) is 10.4. The Labute approximate surface area is 167 Å². The Morgan fingerprint density at radius 1 is 0.931 bits per heavy atom. The summed E-state index contributed by atoms with van der Waals surface area (Å²) in [4.78, 5) is 0.0689. The molecule has 3 aromatic carbocycles. The van der Waals surface area contributed by atoms with Gasteiger partial charge in [-0.2, -0.15) is 0 Å². The van der Waals surface area contributed by atoms with E-state index in [9.17, 15) is 12.8 Å². The predicted molar refractivity (Wildman–Crippen MR) is 105 cm³/mol. The number of fused-ring (bicyclic) bond motifs is 1. The van der Waals surface area contributed by atoms with Crippen LogP contribution in [-0.4, -0.2) is 21.6 Å². The van der Waals surface area contributed by atoms with Gasteiger partial charge in [-0.05, 0) is 42.0 Å². The molecule has 3 aromatic rings. The van der Waals surface area contributed by atoms with E-state index < -0.39 is 10.0 Å². The van der Waals surface area contributed by atoms with Gasteiger partial charge >= 0.3 is 0 Å². The van der Waals surface area contributed by atoms with Crippen molar-refractivity contribution in [1.82, 2.24) is 0 Å². The summed E-state index contributed by atoms with van der Waals surface area (Å²) in [5.41, 5.74) is 1.16. The smallest absolute Gasteiger partial charge is 0.262 e. The minimum atomic E-state index is -3.82. The largest absolute Gasteiger partial charge is 0.489 e. The number of halogens is 1. The van der Waals surface area contributed by atoms with Crippen LogP contribution < -0.4 is 18.9 Å². The molecule has 6 nitrogen and oxygen atoms in total. The maximum Gasteiger partial charge on any atom is 0.262 e. The molecule has 0 aliphatic carbocycles. The molecule has 150 valence electrons. The summed E-state index contributed by atoms with van der Waals surface area (Å²) in [7, 11) is -3.82. The third kappa shape index (κ3) is 4.60. The number of hydrogen-bond donors (Lipinski definition) is 1. The molecule has 0 saturated carbocycles. The molecule has 1 aliphatic heterocycles. The molecule has 0 saturated heterocycles. The molecule has 0 radical (unpaired) electrons. The van der Waals surface area contributed by atoms with Crippen molar-refractivity contribution in [2.75, 3.05) is 17.9 Å². The number of nitrogens with one attached hydrogen (secondary N) is 1. The van der Waals surface area contributed by atoms with Crippen molar-refractivity contribution < 1.29 is 27.0 Å². The van der Waals surface area contributed by atoms with Crippen molar-refractivity contribution in [3.8, 4) is 17.2 Å². The van der Waals surface area contributed by atoms with Gasteiger partial charge in [0.1, 0.15) is 31.4 Å². The van der Waals surface area contributed by atoms with Crippen molar-refractivity contribution in [2.45, 2.75) is 11.5 Å². The predicted octanol–water partition coefficient (Wildman–Crippen LogP) is 3.98. The monoisotopic (exact) mass is 415 g/mol. The summed E-state index contributed by atoms with van der Waals surface area (Å²) in [6.07, 6.45) is 0. The first-order chi connectivity index (χ1) is 14.0. The van der Waals surface area contributed by atoms with Gasteiger partial charge in [-0.3, -0.25) is 4.72 Å². The number of hydrogen-bond acceptors (Lipinski definition) is 5. The fourth-order valence-electron chi connectivity index (χ4n) is 2.80. The molecule has 0 unspecified atom stereocenters. The maximum absolute atomic E-state index is 13.0. The van der Waals surface area contributed by atoms with Crippen molar-refractivity contribution in [1.29, 1.82) is 0 Å². The van der Waals surface area contributed by atoms with E-state index in [1.807, 2.05) is 0 Å². The molecule has 0 amide bonds. The average Bonchev–Trinajstić information content (AvgIpc) is 2.73. The maximum atomic E-state index is 13.0. The second-order valence-electron chi connectivity index (χ2n) is 6.35. The molecule has 0 bridgehead atoms. The van der Waals surface area contributed by atoms with E-state index in [-0.39, 0.29) is 17.3 Å². The Balaban J connectivity index is 1.47. The van der Waals surface area contributed by atoms with Gasteiger partial charge in [0.05, 0.1) is 10.6 Å². The number of sulfonamides is 1. The molecule has 1 heterocycles. The first kappa shape index (κ1) is 19.1. The minimum Gasteiger partial charge on any atom is -0.489 e. The van der Waals surface area contributed by atoms with E-state index in [0.29, 0.717) is 36.1 Å². The van der Waals surface area contributed by atoms with Crippen LogP contribution in [0.5, 0.6) is 17.2 Å². The third-order valence-corrected chi connectivity index (χ3v) is 5.61. The van der Waals surface area contributed by atoms with Gasteiger partial charge in [0.25, 0.3) is 10.0 Å². The molecule has 1 N–H and O–H groups in total. The Morgan fingerprint density at radius 3 is 2.48 bits per heavy atom. The molecular weight excluding hydrogens is 397 g/mol. The second-order valence-corrected chi connectivity index (χ2v) is 8.04. The zero-order valence-electron chi connectivity index (χ0n) is 15.3. The van der Waals surface area contributed by atoms with E-state index >= 15 is 0 Å². The van der Waals surface area contributed by atoms with Gasteiger partial charge in [-0.1, -0.05) is 18.2 Å². The van der Waals surface area contributed by atoms with Crippen LogP contribution >= 0.6 is 0 Å². The standard InChI is InChI=1S/C21H18FNO5S/c22-16-6-4-15(5-7-16)14-28-18-3-1-2-17(12-18)23-29(24,25)19-8-9-20-21(13-19)27-11-10-26-20/h1-9,12-13,23H,10-11,14H2. The Bertz CT molecular complexity index is 1120. The molecule has 4 rings (SSSR count). The molecule has 0 spiro atoms. The van der Waals surface area contributed by atoms with Gasteiger partial charge in [-0.25, -0.2) is 12.8 Å². The van der Waals surface area contributed by atoms with Crippen LogP contribution in [-0.2, 0) is 16.6 Å². The lowest BCUT2D eigenvalue weighted by molar-refractivity contribution is 0.171. The Kier molecular flexibility index (Phi) is 5.26. The van der Waals surface area contributed by atoms with Crippen LogP contribution in [0.1, 0.15) is 5.56 Å². The summed E-state index contributed by atoms with van der Waals surface area (Å²) in [5, 5.41) is 0. The van der Waals surface area contributed by atoms with E-state index in [1.54, 1.807) is 42.5 Å². The van der Waals surface area contributed by atoms with Crippen molar-refractivity contribution in [3.63, 3.8) is 0 Å². The summed E-state index contributed by atoms with van der Waals surface area (Å²) < 4.78 is 57.5. The SMILES string of the molecule is O=S(=O)(Nc1cccc(OCc2ccc(F)cc2)c1)c1ccc2c(c1)OCCO2. The normalized spacial score (nSPS) is 13.0. The lowest BCUT2D eigenvalue weighted by Crippen LogP contribution is -2.17. The number of benzene rings is 3. The quantitative estimate of drug-likeness (QED) is 0.659. The highest BCUT2D eigenvalue weighted by Gasteiger charge is 2.19. The Hall–Kier alpha value is -3.26. The summed E-state index contributed by atoms with van der Waals surface area (Å²) in [5.74, 6) is 1.09.